The SMILES string of the molecule is S=C([S-])SC1CCCCC1.[Na+]. The third-order valence-corrected chi connectivity index (χ3v) is 3.39. The van der Waals surface area contributed by atoms with Gasteiger partial charge in [0.2, 0.25) is 0 Å². The first-order valence-corrected chi connectivity index (χ1v) is 5.36. The fourth-order valence-corrected chi connectivity index (χ4v) is 2.98. The second-order valence-corrected chi connectivity index (χ2v) is 5.53. The van der Waals surface area contributed by atoms with Crippen LogP contribution in [0.4, 0.5) is 0 Å². The van der Waals surface area contributed by atoms with Crippen molar-refractivity contribution in [1.29, 1.82) is 0 Å². The molecule has 0 aliphatic heterocycles. The number of thiocarbonyl (C=S) groups is 1. The third kappa shape index (κ3) is 5.83. The average Bonchev–Trinajstić information content (AvgIpc) is 1.88. The molecule has 4 heteroatoms. The van der Waals surface area contributed by atoms with Gasteiger partial charge in [-0.25, -0.2) is 0 Å². The van der Waals surface area contributed by atoms with Gasteiger partial charge in [-0.1, -0.05) is 22.8 Å². The van der Waals surface area contributed by atoms with Crippen molar-refractivity contribution in [3.05, 3.63) is 0 Å². The molecule has 0 nitrogen and oxygen atoms in total. The molecule has 11 heavy (non-hydrogen) atoms. The van der Waals surface area contributed by atoms with E-state index in [9.17, 15) is 0 Å². The van der Waals surface area contributed by atoms with E-state index in [4.69, 9.17) is 24.8 Å². The first-order valence-electron chi connectivity index (χ1n) is 3.66. The zero-order valence-electron chi connectivity index (χ0n) is 6.84. The van der Waals surface area contributed by atoms with Gasteiger partial charge in [-0.3, -0.25) is 0 Å². The van der Waals surface area contributed by atoms with Gasteiger partial charge in [-0.05, 0) is 12.8 Å². The summed E-state index contributed by atoms with van der Waals surface area (Å²) in [5, 5.41) is 0.749. The van der Waals surface area contributed by atoms with Crippen LogP contribution in [0.25, 0.3) is 0 Å². The van der Waals surface area contributed by atoms with E-state index >= 15 is 0 Å². The molecule has 0 bridgehead atoms. The number of hydrogen-bond acceptors (Lipinski definition) is 3. The maximum absolute atomic E-state index is 4.85. The molecule has 0 spiro atoms. The molecular formula is C7H11NaS3. The molecule has 0 aromatic rings. The first-order chi connectivity index (χ1) is 4.79. The average molecular weight is 214 g/mol. The van der Waals surface area contributed by atoms with Crippen LogP contribution in [0.15, 0.2) is 0 Å². The molecule has 0 unspecified atom stereocenters. The maximum Gasteiger partial charge on any atom is 1.00 e. The van der Waals surface area contributed by atoms with Crippen LogP contribution in [-0.4, -0.2) is 8.78 Å². The van der Waals surface area contributed by atoms with Crippen LogP contribution in [0.5, 0.6) is 0 Å². The predicted molar refractivity (Wildman–Crippen MR) is 54.4 cm³/mol. The molecule has 0 aromatic carbocycles. The zero-order valence-corrected chi connectivity index (χ0v) is 11.3. The van der Waals surface area contributed by atoms with Crippen molar-refractivity contribution in [2.45, 2.75) is 37.4 Å². The summed E-state index contributed by atoms with van der Waals surface area (Å²) in [4.78, 5) is 0. The Bertz CT molecular complexity index is 121. The van der Waals surface area contributed by atoms with Gasteiger partial charge in [0.25, 0.3) is 0 Å². The topological polar surface area (TPSA) is 0 Å². The Labute approximate surface area is 106 Å². The molecule has 0 amide bonds. The van der Waals surface area contributed by atoms with Crippen LogP contribution in [0.2, 0.25) is 0 Å². The molecule has 1 saturated carbocycles. The fraction of sp³-hybridized carbons (Fsp3) is 0.857. The largest absolute Gasteiger partial charge is 1.00 e. The Morgan fingerprint density at radius 1 is 1.27 bits per heavy atom. The minimum Gasteiger partial charge on any atom is -0.422 e. The zero-order chi connectivity index (χ0) is 7.40. The van der Waals surface area contributed by atoms with Gasteiger partial charge in [-0.2, -0.15) is 0 Å². The summed E-state index contributed by atoms with van der Waals surface area (Å²) in [6, 6.07) is 0. The molecular weight excluding hydrogens is 203 g/mol. The van der Waals surface area contributed by atoms with Crippen LogP contribution in [0, 0.1) is 0 Å². The van der Waals surface area contributed by atoms with Crippen molar-refractivity contribution in [3.63, 3.8) is 0 Å². The second-order valence-electron chi connectivity index (χ2n) is 2.63. The van der Waals surface area contributed by atoms with Gasteiger partial charge in [0.15, 0.2) is 0 Å². The van der Waals surface area contributed by atoms with E-state index in [1.54, 1.807) is 11.8 Å². The van der Waals surface area contributed by atoms with E-state index < -0.39 is 0 Å². The minimum atomic E-state index is 0. The van der Waals surface area contributed by atoms with Gasteiger partial charge in [0.05, 0.1) is 0 Å². The molecule has 0 heterocycles. The summed E-state index contributed by atoms with van der Waals surface area (Å²) in [5.74, 6) is 0. The van der Waals surface area contributed by atoms with Crippen LogP contribution in [0.3, 0.4) is 0 Å². The Morgan fingerprint density at radius 3 is 2.27 bits per heavy atom. The van der Waals surface area contributed by atoms with E-state index in [0.29, 0.717) is 3.53 Å². The van der Waals surface area contributed by atoms with Crippen molar-refractivity contribution in [1.82, 2.24) is 0 Å². The minimum absolute atomic E-state index is 0. The van der Waals surface area contributed by atoms with E-state index in [1.807, 2.05) is 0 Å². The summed E-state index contributed by atoms with van der Waals surface area (Å²) >= 11 is 11.4. The molecule has 0 radical (unpaired) electrons. The summed E-state index contributed by atoms with van der Waals surface area (Å²) in [5.41, 5.74) is 0. The molecule has 58 valence electrons. The van der Waals surface area contributed by atoms with Crippen LogP contribution in [0.1, 0.15) is 32.1 Å². The maximum atomic E-state index is 4.85. The number of hydrogen-bond donors (Lipinski definition) is 0. The van der Waals surface area contributed by atoms with E-state index in [2.05, 4.69) is 0 Å². The van der Waals surface area contributed by atoms with Gasteiger partial charge in [0.1, 0.15) is 0 Å². The van der Waals surface area contributed by atoms with Crippen LogP contribution < -0.4 is 29.6 Å². The van der Waals surface area contributed by atoms with E-state index in [0.717, 1.165) is 5.25 Å². The molecule has 1 rings (SSSR count). The molecule has 1 aliphatic rings. The summed E-state index contributed by atoms with van der Waals surface area (Å²) in [6.45, 7) is 0. The van der Waals surface area contributed by atoms with Crippen molar-refractivity contribution >= 4 is 40.1 Å². The molecule has 0 aromatic heterocycles. The van der Waals surface area contributed by atoms with Crippen molar-refractivity contribution in [3.8, 4) is 0 Å². The predicted octanol–water partition coefficient (Wildman–Crippen LogP) is -0.112. The smallest absolute Gasteiger partial charge is 0.422 e. The standard InChI is InChI=1S/C7H12S3.Na/c8-7(9)10-6-4-2-1-3-5-6;/h6H,1-5H2,(H,8,9);/q;+1/p-1. The normalized spacial score (nSPS) is 18.9. The Hall–Kier alpha value is 1.66. The van der Waals surface area contributed by atoms with Gasteiger partial charge >= 0.3 is 29.6 Å². The molecule has 1 fully saturated rings. The molecule has 1 aliphatic carbocycles. The number of thioether (sulfide) groups is 1. The Morgan fingerprint density at radius 2 is 1.82 bits per heavy atom. The van der Waals surface area contributed by atoms with Crippen molar-refractivity contribution in [2.75, 3.05) is 0 Å². The van der Waals surface area contributed by atoms with Crippen LogP contribution >= 0.6 is 24.0 Å². The molecule has 0 N–H and O–H groups in total. The van der Waals surface area contributed by atoms with Gasteiger partial charge in [0, 0.05) is 5.25 Å². The molecule has 0 atom stereocenters. The quantitative estimate of drug-likeness (QED) is 0.340. The van der Waals surface area contributed by atoms with Crippen molar-refractivity contribution in [2.24, 2.45) is 0 Å². The van der Waals surface area contributed by atoms with Gasteiger partial charge in [-0.15, -0.1) is 11.8 Å². The Kier molecular flexibility index (Phi) is 8.17. The first kappa shape index (κ1) is 12.7. The second kappa shape index (κ2) is 7.10. The monoisotopic (exact) mass is 214 g/mol. The van der Waals surface area contributed by atoms with Crippen LogP contribution in [-0.2, 0) is 12.6 Å². The van der Waals surface area contributed by atoms with Crippen molar-refractivity contribution < 1.29 is 29.6 Å². The summed E-state index contributed by atoms with van der Waals surface area (Å²) < 4.78 is 0.701. The van der Waals surface area contributed by atoms with Gasteiger partial charge < -0.3 is 24.8 Å². The van der Waals surface area contributed by atoms with E-state index in [1.165, 1.54) is 32.1 Å². The Balaban J connectivity index is 0.000001000. The molecule has 0 saturated heterocycles. The summed E-state index contributed by atoms with van der Waals surface area (Å²) in [7, 11) is 0. The summed E-state index contributed by atoms with van der Waals surface area (Å²) in [6.07, 6.45) is 6.79. The third-order valence-electron chi connectivity index (χ3n) is 1.82. The van der Waals surface area contributed by atoms with E-state index in [-0.39, 0.29) is 29.6 Å². The number of rotatable bonds is 1. The fourth-order valence-electron chi connectivity index (χ4n) is 1.32.